The summed E-state index contributed by atoms with van der Waals surface area (Å²) in [4.78, 5) is 14.4. The summed E-state index contributed by atoms with van der Waals surface area (Å²) in [5, 5.41) is 27.5. The molecule has 0 aliphatic carbocycles. The van der Waals surface area contributed by atoms with Crippen molar-refractivity contribution in [3.05, 3.63) is 65.7 Å². The Labute approximate surface area is 209 Å². The van der Waals surface area contributed by atoms with Crippen molar-refractivity contribution in [1.29, 1.82) is 10.5 Å². The molecule has 3 N–H and O–H groups in total. The van der Waals surface area contributed by atoms with Crippen molar-refractivity contribution in [2.45, 2.75) is 6.92 Å². The second kappa shape index (κ2) is 10.4. The molecule has 0 amide bonds. The highest BCUT2D eigenvalue weighted by atomic mass is 16.5. The summed E-state index contributed by atoms with van der Waals surface area (Å²) < 4.78 is 5.39. The Morgan fingerprint density at radius 3 is 2.72 bits per heavy atom. The monoisotopic (exact) mass is 478 g/mol. The average Bonchev–Trinajstić information content (AvgIpc) is 3.41. The zero-order valence-corrected chi connectivity index (χ0v) is 20.0. The fraction of sp³-hybridized carbons (Fsp3) is 0.259. The van der Waals surface area contributed by atoms with Gasteiger partial charge in [-0.25, -0.2) is 4.98 Å². The first-order chi connectivity index (χ1) is 17.7. The van der Waals surface area contributed by atoms with Gasteiger partial charge in [-0.05, 0) is 36.8 Å². The minimum atomic E-state index is 0.410. The Morgan fingerprint density at radius 2 is 1.92 bits per heavy atom. The first-order valence-electron chi connectivity index (χ1n) is 11.8. The van der Waals surface area contributed by atoms with Crippen LogP contribution in [0.1, 0.15) is 16.7 Å². The van der Waals surface area contributed by atoms with E-state index in [2.05, 4.69) is 42.6 Å². The third kappa shape index (κ3) is 4.71. The lowest BCUT2D eigenvalue weighted by Crippen LogP contribution is -2.39. The van der Waals surface area contributed by atoms with Gasteiger partial charge in [0.1, 0.15) is 18.0 Å². The molecule has 1 aliphatic heterocycles. The summed E-state index contributed by atoms with van der Waals surface area (Å²) in [7, 11) is 0. The van der Waals surface area contributed by atoms with Gasteiger partial charge in [0.2, 0.25) is 0 Å². The number of pyridine rings is 2. The summed E-state index contributed by atoms with van der Waals surface area (Å²) in [5.74, 6) is 0.544. The minimum Gasteiger partial charge on any atom is -0.379 e. The van der Waals surface area contributed by atoms with Crippen LogP contribution in [0.5, 0.6) is 0 Å². The highest BCUT2D eigenvalue weighted by molar-refractivity contribution is 5.91. The molecule has 0 radical (unpaired) electrons. The number of nitriles is 2. The SMILES string of the molecule is Cc1c(Nc2c(C#N)cncc2-c2cnc(NCCN3CCOCC3)c(C#N)c2)ccc2[nH]ccc12. The quantitative estimate of drug-likeness (QED) is 0.361. The smallest absolute Gasteiger partial charge is 0.143 e. The molecule has 1 saturated heterocycles. The molecule has 1 aromatic carbocycles. The van der Waals surface area contributed by atoms with Crippen molar-refractivity contribution < 1.29 is 4.74 Å². The summed E-state index contributed by atoms with van der Waals surface area (Å²) in [5.41, 5.74) is 5.89. The number of fused-ring (bicyclic) bond motifs is 1. The zero-order valence-electron chi connectivity index (χ0n) is 20.0. The number of aryl methyl sites for hydroxylation is 1. The lowest BCUT2D eigenvalue weighted by atomic mass is 10.0. The van der Waals surface area contributed by atoms with E-state index in [1.807, 2.05) is 31.3 Å². The summed E-state index contributed by atoms with van der Waals surface area (Å²) in [6.07, 6.45) is 6.85. The number of hydrogen-bond donors (Lipinski definition) is 3. The lowest BCUT2D eigenvalue weighted by molar-refractivity contribution is 0.0398. The van der Waals surface area contributed by atoms with Gasteiger partial charge < -0.3 is 20.4 Å². The molecule has 0 unspecified atom stereocenters. The van der Waals surface area contributed by atoms with Crippen LogP contribution in [0.2, 0.25) is 0 Å². The third-order valence-corrected chi connectivity index (χ3v) is 6.47. The van der Waals surface area contributed by atoms with E-state index in [0.717, 1.165) is 55.0 Å². The van der Waals surface area contributed by atoms with Crippen LogP contribution in [-0.4, -0.2) is 59.2 Å². The fourth-order valence-corrected chi connectivity index (χ4v) is 4.45. The molecule has 5 rings (SSSR count). The van der Waals surface area contributed by atoms with E-state index >= 15 is 0 Å². The molecule has 0 bridgehead atoms. The van der Waals surface area contributed by atoms with E-state index in [1.165, 1.54) is 6.20 Å². The average molecular weight is 479 g/mol. The Morgan fingerprint density at radius 1 is 1.08 bits per heavy atom. The largest absolute Gasteiger partial charge is 0.379 e. The third-order valence-electron chi connectivity index (χ3n) is 6.47. The molecule has 0 atom stereocenters. The van der Waals surface area contributed by atoms with Gasteiger partial charge in [0.15, 0.2) is 0 Å². The number of benzene rings is 1. The molecule has 0 spiro atoms. The van der Waals surface area contributed by atoms with E-state index in [0.29, 0.717) is 40.3 Å². The Bertz CT molecular complexity index is 1470. The molecule has 4 aromatic rings. The summed E-state index contributed by atoms with van der Waals surface area (Å²) in [6.45, 7) is 6.90. The Kier molecular flexibility index (Phi) is 6.76. The Balaban J connectivity index is 1.43. The van der Waals surface area contributed by atoms with Crippen LogP contribution in [-0.2, 0) is 4.74 Å². The molecule has 1 fully saturated rings. The van der Waals surface area contributed by atoms with Crippen LogP contribution in [0.3, 0.4) is 0 Å². The van der Waals surface area contributed by atoms with Gasteiger partial charge >= 0.3 is 0 Å². The van der Waals surface area contributed by atoms with Gasteiger partial charge in [-0.2, -0.15) is 10.5 Å². The molecule has 3 aromatic heterocycles. The van der Waals surface area contributed by atoms with Crippen LogP contribution < -0.4 is 10.6 Å². The normalized spacial score (nSPS) is 13.8. The van der Waals surface area contributed by atoms with Gasteiger partial charge in [0.05, 0.1) is 30.0 Å². The fourth-order valence-electron chi connectivity index (χ4n) is 4.45. The predicted octanol–water partition coefficient (Wildman–Crippen LogP) is 4.16. The molecule has 4 heterocycles. The van der Waals surface area contributed by atoms with E-state index < -0.39 is 0 Å². The highest BCUT2D eigenvalue weighted by Crippen LogP contribution is 2.35. The minimum absolute atomic E-state index is 0.410. The molecule has 9 nitrogen and oxygen atoms in total. The number of ether oxygens (including phenoxy) is 1. The van der Waals surface area contributed by atoms with Crippen LogP contribution in [0.25, 0.3) is 22.0 Å². The zero-order chi connectivity index (χ0) is 24.9. The molecule has 36 heavy (non-hydrogen) atoms. The Hall–Kier alpha value is -4.44. The van der Waals surface area contributed by atoms with E-state index in [-0.39, 0.29) is 0 Å². The van der Waals surface area contributed by atoms with Gasteiger partial charge in [0, 0.05) is 78.7 Å². The van der Waals surface area contributed by atoms with Gasteiger partial charge in [0.25, 0.3) is 0 Å². The maximum atomic E-state index is 9.82. The van der Waals surface area contributed by atoms with Crippen LogP contribution in [0, 0.1) is 29.6 Å². The van der Waals surface area contributed by atoms with Crippen molar-refractivity contribution in [2.75, 3.05) is 50.0 Å². The van der Waals surface area contributed by atoms with Crippen LogP contribution in [0.4, 0.5) is 17.2 Å². The number of aromatic nitrogens is 3. The number of anilines is 3. The van der Waals surface area contributed by atoms with Crippen LogP contribution >= 0.6 is 0 Å². The maximum Gasteiger partial charge on any atom is 0.143 e. The van der Waals surface area contributed by atoms with Crippen molar-refractivity contribution >= 4 is 28.1 Å². The van der Waals surface area contributed by atoms with Gasteiger partial charge in [-0.15, -0.1) is 0 Å². The molecular weight excluding hydrogens is 452 g/mol. The number of aromatic amines is 1. The van der Waals surface area contributed by atoms with Crippen molar-refractivity contribution in [2.24, 2.45) is 0 Å². The van der Waals surface area contributed by atoms with Gasteiger partial charge in [-0.1, -0.05) is 0 Å². The van der Waals surface area contributed by atoms with Crippen LogP contribution in [0.15, 0.2) is 49.1 Å². The van der Waals surface area contributed by atoms with Gasteiger partial charge in [-0.3, -0.25) is 9.88 Å². The van der Waals surface area contributed by atoms with E-state index in [1.54, 1.807) is 18.5 Å². The molecule has 0 saturated carbocycles. The first kappa shape index (κ1) is 23.3. The number of hydrogen-bond acceptors (Lipinski definition) is 8. The number of nitrogens with zero attached hydrogens (tertiary/aromatic N) is 5. The molecule has 180 valence electrons. The molecule has 1 aliphatic rings. The summed E-state index contributed by atoms with van der Waals surface area (Å²) >= 11 is 0. The number of H-pyrrole nitrogens is 1. The number of rotatable bonds is 7. The maximum absolute atomic E-state index is 9.82. The predicted molar refractivity (Wildman–Crippen MR) is 139 cm³/mol. The van der Waals surface area contributed by atoms with Crippen molar-refractivity contribution in [3.8, 4) is 23.3 Å². The second-order valence-electron chi connectivity index (χ2n) is 8.64. The highest BCUT2D eigenvalue weighted by Gasteiger charge is 2.16. The lowest BCUT2D eigenvalue weighted by Gasteiger charge is -2.26. The first-order valence-corrected chi connectivity index (χ1v) is 11.8. The summed E-state index contributed by atoms with van der Waals surface area (Å²) in [6, 6.07) is 12.3. The number of nitrogens with one attached hydrogen (secondary N) is 3. The molecular formula is C27H26N8O. The molecule has 9 heteroatoms. The van der Waals surface area contributed by atoms with Crippen molar-refractivity contribution in [1.82, 2.24) is 19.9 Å². The topological polar surface area (TPSA) is 126 Å². The second-order valence-corrected chi connectivity index (χ2v) is 8.64. The van der Waals surface area contributed by atoms with E-state index in [4.69, 9.17) is 4.74 Å². The van der Waals surface area contributed by atoms with E-state index in [9.17, 15) is 10.5 Å². The van der Waals surface area contributed by atoms with Crippen molar-refractivity contribution in [3.63, 3.8) is 0 Å². The standard InChI is InChI=1S/C27H26N8O/c1-18-22-4-5-31-25(22)3-2-24(18)34-26-21(14-29)15-30-17-23(26)20-12-19(13-28)27(33-16-20)32-6-7-35-8-10-36-11-9-35/h2-5,12,15-17,31H,6-11H2,1H3,(H,30,34)(H,32,33). The number of morpholine rings is 1.